The molecule has 132 valence electrons. The molecule has 1 N–H and O–H groups in total. The molecule has 1 aromatic rings. The normalized spacial score (nSPS) is 21.2. The van der Waals surface area contributed by atoms with Crippen molar-refractivity contribution in [3.8, 4) is 11.5 Å². The van der Waals surface area contributed by atoms with Crippen molar-refractivity contribution < 1.29 is 14.3 Å². The molecule has 1 aliphatic heterocycles. The summed E-state index contributed by atoms with van der Waals surface area (Å²) >= 11 is 0. The number of hydrogen-bond acceptors (Lipinski definition) is 4. The molecular weight excluding hydrogens is 304 g/mol. The number of benzene rings is 1. The number of methoxy groups -OCH3 is 1. The van der Waals surface area contributed by atoms with Crippen LogP contribution in [0.25, 0.3) is 0 Å². The Kier molecular flexibility index (Phi) is 5.61. The van der Waals surface area contributed by atoms with E-state index in [1.54, 1.807) is 7.11 Å². The van der Waals surface area contributed by atoms with Crippen LogP contribution < -0.4 is 14.8 Å². The maximum atomic E-state index is 12.7. The van der Waals surface area contributed by atoms with E-state index in [1.165, 1.54) is 12.8 Å². The number of nitrogens with zero attached hydrogens (tertiary/aromatic N) is 1. The third-order valence-electron chi connectivity index (χ3n) is 5.07. The largest absolute Gasteiger partial charge is 0.493 e. The Morgan fingerprint density at radius 3 is 2.75 bits per heavy atom. The highest BCUT2D eigenvalue weighted by molar-refractivity contribution is 5.95. The second-order valence-corrected chi connectivity index (χ2v) is 6.85. The van der Waals surface area contributed by atoms with Crippen LogP contribution in [0.4, 0.5) is 0 Å². The highest BCUT2D eigenvalue weighted by Crippen LogP contribution is 2.33. The van der Waals surface area contributed by atoms with Crippen molar-refractivity contribution >= 4 is 5.91 Å². The molecule has 0 spiro atoms. The molecule has 1 saturated carbocycles. The third kappa shape index (κ3) is 3.83. The third-order valence-corrected chi connectivity index (χ3v) is 5.07. The zero-order valence-corrected chi connectivity index (χ0v) is 14.7. The van der Waals surface area contributed by atoms with Gasteiger partial charge in [0, 0.05) is 18.7 Å². The summed E-state index contributed by atoms with van der Waals surface area (Å²) in [4.78, 5) is 14.7. The van der Waals surface area contributed by atoms with Gasteiger partial charge in [-0.15, -0.1) is 0 Å². The van der Waals surface area contributed by atoms with Crippen molar-refractivity contribution in [2.24, 2.45) is 5.92 Å². The van der Waals surface area contributed by atoms with Gasteiger partial charge in [-0.3, -0.25) is 4.79 Å². The van der Waals surface area contributed by atoms with E-state index in [2.05, 4.69) is 5.32 Å². The van der Waals surface area contributed by atoms with Gasteiger partial charge >= 0.3 is 0 Å². The number of ether oxygens (including phenoxy) is 2. The number of hydrogen-bond donors (Lipinski definition) is 1. The topological polar surface area (TPSA) is 50.8 Å². The van der Waals surface area contributed by atoms with E-state index in [0.717, 1.165) is 44.6 Å². The van der Waals surface area contributed by atoms with Crippen molar-refractivity contribution in [1.29, 1.82) is 0 Å². The molecule has 1 saturated heterocycles. The number of carbonyl (C=O) groups is 1. The maximum Gasteiger partial charge on any atom is 0.254 e. The van der Waals surface area contributed by atoms with Gasteiger partial charge in [0.1, 0.15) is 0 Å². The van der Waals surface area contributed by atoms with Crippen LogP contribution in [0.3, 0.4) is 0 Å². The molecule has 24 heavy (non-hydrogen) atoms. The summed E-state index contributed by atoms with van der Waals surface area (Å²) in [6.07, 6.45) is 6.00. The van der Waals surface area contributed by atoms with Gasteiger partial charge in [-0.25, -0.2) is 0 Å². The molecule has 0 radical (unpaired) electrons. The Balaban J connectivity index is 1.68. The van der Waals surface area contributed by atoms with Crippen LogP contribution in [0, 0.1) is 5.92 Å². The van der Waals surface area contributed by atoms with Crippen LogP contribution in [0.1, 0.15) is 42.5 Å². The van der Waals surface area contributed by atoms with Gasteiger partial charge in [0.15, 0.2) is 11.5 Å². The van der Waals surface area contributed by atoms with E-state index in [0.29, 0.717) is 17.2 Å². The van der Waals surface area contributed by atoms with Crippen LogP contribution in [0.15, 0.2) is 18.2 Å². The fraction of sp³-hybridized carbons (Fsp3) is 0.632. The summed E-state index contributed by atoms with van der Waals surface area (Å²) in [5.41, 5.74) is 0.677. The van der Waals surface area contributed by atoms with Crippen LogP contribution in [-0.2, 0) is 0 Å². The molecule has 5 nitrogen and oxygen atoms in total. The van der Waals surface area contributed by atoms with Crippen molar-refractivity contribution in [3.05, 3.63) is 23.8 Å². The van der Waals surface area contributed by atoms with Crippen LogP contribution >= 0.6 is 0 Å². The summed E-state index contributed by atoms with van der Waals surface area (Å²) < 4.78 is 11.5. The van der Waals surface area contributed by atoms with Crippen molar-refractivity contribution in [1.82, 2.24) is 10.2 Å². The molecule has 0 bridgehead atoms. The second kappa shape index (κ2) is 7.88. The zero-order chi connectivity index (χ0) is 16.9. The SMILES string of the molecule is CNC[C@H]1CCN(C(=O)c2ccc(OC3CCCC3)c(OC)c2)C1. The van der Waals surface area contributed by atoms with Crippen LogP contribution in [0.5, 0.6) is 11.5 Å². The van der Waals surface area contributed by atoms with Gasteiger partial charge in [-0.2, -0.15) is 0 Å². The predicted octanol–water partition coefficient (Wildman–Crippen LogP) is 2.70. The molecule has 2 aliphatic rings. The fourth-order valence-electron chi connectivity index (χ4n) is 3.74. The van der Waals surface area contributed by atoms with E-state index in [-0.39, 0.29) is 12.0 Å². The number of amides is 1. The predicted molar refractivity (Wildman–Crippen MR) is 93.8 cm³/mol. The molecule has 0 unspecified atom stereocenters. The minimum absolute atomic E-state index is 0.0827. The first-order valence-corrected chi connectivity index (χ1v) is 9.00. The lowest BCUT2D eigenvalue weighted by atomic mass is 10.1. The average molecular weight is 332 g/mol. The van der Waals surface area contributed by atoms with Crippen molar-refractivity contribution in [2.45, 2.75) is 38.2 Å². The number of likely N-dealkylation sites (tertiary alicyclic amines) is 1. The van der Waals surface area contributed by atoms with Crippen LogP contribution in [0.2, 0.25) is 0 Å². The molecule has 1 amide bonds. The second-order valence-electron chi connectivity index (χ2n) is 6.85. The summed E-state index contributed by atoms with van der Waals surface area (Å²) in [7, 11) is 3.59. The summed E-state index contributed by atoms with van der Waals surface area (Å²) in [5.74, 6) is 2.03. The average Bonchev–Trinajstić information content (AvgIpc) is 3.27. The molecule has 1 aromatic carbocycles. The summed E-state index contributed by atoms with van der Waals surface area (Å²) in [6, 6.07) is 5.56. The number of rotatable bonds is 6. The molecule has 3 rings (SSSR count). The van der Waals surface area contributed by atoms with Crippen LogP contribution in [-0.4, -0.2) is 50.7 Å². The van der Waals surface area contributed by atoms with E-state index in [4.69, 9.17) is 9.47 Å². The molecule has 1 atom stereocenters. The standard InChI is InChI=1S/C19H28N2O3/c1-20-12-14-9-10-21(13-14)19(22)15-7-8-17(18(11-15)23-2)24-16-5-3-4-6-16/h7-8,11,14,16,20H,3-6,9-10,12-13H2,1-2H3/t14-/m1/s1. The van der Waals surface area contributed by atoms with Crippen molar-refractivity contribution in [3.63, 3.8) is 0 Å². The van der Waals surface area contributed by atoms with E-state index >= 15 is 0 Å². The molecule has 5 heteroatoms. The van der Waals surface area contributed by atoms with E-state index in [1.807, 2.05) is 30.1 Å². The maximum absolute atomic E-state index is 12.7. The van der Waals surface area contributed by atoms with Gasteiger partial charge in [-0.1, -0.05) is 0 Å². The quantitative estimate of drug-likeness (QED) is 0.870. The highest BCUT2D eigenvalue weighted by atomic mass is 16.5. The molecular formula is C19H28N2O3. The lowest BCUT2D eigenvalue weighted by molar-refractivity contribution is 0.0786. The van der Waals surface area contributed by atoms with Gasteiger partial charge in [-0.05, 0) is 69.8 Å². The number of nitrogens with one attached hydrogen (secondary N) is 1. The summed E-state index contributed by atoms with van der Waals surface area (Å²) in [6.45, 7) is 2.61. The smallest absolute Gasteiger partial charge is 0.254 e. The molecule has 2 fully saturated rings. The van der Waals surface area contributed by atoms with Gasteiger partial charge in [0.05, 0.1) is 13.2 Å². The minimum atomic E-state index is 0.0827. The van der Waals surface area contributed by atoms with E-state index < -0.39 is 0 Å². The summed E-state index contributed by atoms with van der Waals surface area (Å²) in [5, 5.41) is 3.19. The zero-order valence-electron chi connectivity index (χ0n) is 14.7. The molecule has 1 heterocycles. The first-order chi connectivity index (χ1) is 11.7. The Hall–Kier alpha value is -1.75. The lowest BCUT2D eigenvalue weighted by Gasteiger charge is -2.19. The lowest BCUT2D eigenvalue weighted by Crippen LogP contribution is -2.30. The number of carbonyl (C=O) groups excluding carboxylic acids is 1. The Morgan fingerprint density at radius 2 is 2.04 bits per heavy atom. The molecule has 0 aromatic heterocycles. The highest BCUT2D eigenvalue weighted by Gasteiger charge is 2.27. The monoisotopic (exact) mass is 332 g/mol. The molecule has 1 aliphatic carbocycles. The van der Waals surface area contributed by atoms with Gasteiger partial charge in [0.2, 0.25) is 0 Å². The van der Waals surface area contributed by atoms with Gasteiger partial charge < -0.3 is 19.7 Å². The Bertz CT molecular complexity index is 570. The first kappa shape index (κ1) is 17.1. The van der Waals surface area contributed by atoms with Crippen molar-refractivity contribution in [2.75, 3.05) is 33.8 Å². The Morgan fingerprint density at radius 1 is 1.25 bits per heavy atom. The van der Waals surface area contributed by atoms with Gasteiger partial charge in [0.25, 0.3) is 5.91 Å². The minimum Gasteiger partial charge on any atom is -0.493 e. The fourth-order valence-corrected chi connectivity index (χ4v) is 3.74. The Labute approximate surface area is 144 Å². The first-order valence-electron chi connectivity index (χ1n) is 9.00. The van der Waals surface area contributed by atoms with E-state index in [9.17, 15) is 4.79 Å².